The van der Waals surface area contributed by atoms with Crippen LogP contribution in [-0.4, -0.2) is 67.6 Å². The predicted octanol–water partition coefficient (Wildman–Crippen LogP) is 5.10. The van der Waals surface area contributed by atoms with Gasteiger partial charge in [-0.05, 0) is 39.2 Å². The Morgan fingerprint density at radius 2 is 1.95 bits per heavy atom. The van der Waals surface area contributed by atoms with Crippen LogP contribution in [0.4, 0.5) is 11.4 Å². The maximum absolute atomic E-state index is 12.4. The lowest BCUT2D eigenvalue weighted by Gasteiger charge is -2.32. The summed E-state index contributed by atoms with van der Waals surface area (Å²) in [5, 5.41) is 7.45. The molecule has 39 heavy (non-hydrogen) atoms. The van der Waals surface area contributed by atoms with Crippen molar-refractivity contribution in [1.29, 1.82) is 0 Å². The monoisotopic (exact) mass is 550 g/mol. The Bertz CT molecular complexity index is 1440. The van der Waals surface area contributed by atoms with Gasteiger partial charge in [0, 0.05) is 66.7 Å². The summed E-state index contributed by atoms with van der Waals surface area (Å²) in [5.41, 5.74) is 5.86. The molecule has 0 saturated carbocycles. The van der Waals surface area contributed by atoms with Crippen LogP contribution in [0, 0.1) is 6.92 Å². The SMILES string of the molecule is COc1cc(OCCN(C)C)c(NC(=O)/C=C/Cl)cc1NC1=NC=CC(c2c(C)n(C)c3ccccc23)N1C. The van der Waals surface area contributed by atoms with Crippen molar-refractivity contribution in [3.63, 3.8) is 0 Å². The van der Waals surface area contributed by atoms with Gasteiger partial charge in [0.2, 0.25) is 11.9 Å². The third kappa shape index (κ3) is 6.05. The fourth-order valence-corrected chi connectivity index (χ4v) is 4.73. The van der Waals surface area contributed by atoms with Crippen molar-refractivity contribution >= 4 is 45.7 Å². The number of benzene rings is 2. The van der Waals surface area contributed by atoms with E-state index in [-0.39, 0.29) is 11.9 Å². The second-order valence-corrected chi connectivity index (χ2v) is 9.78. The van der Waals surface area contributed by atoms with Gasteiger partial charge in [-0.15, -0.1) is 0 Å². The van der Waals surface area contributed by atoms with E-state index in [1.54, 1.807) is 19.2 Å². The first-order valence-corrected chi connectivity index (χ1v) is 13.0. The van der Waals surface area contributed by atoms with Gasteiger partial charge in [-0.1, -0.05) is 29.8 Å². The second-order valence-electron chi connectivity index (χ2n) is 9.53. The fourth-order valence-electron chi connectivity index (χ4n) is 4.62. The summed E-state index contributed by atoms with van der Waals surface area (Å²) in [4.78, 5) is 21.1. The van der Waals surface area contributed by atoms with Crippen LogP contribution in [0.1, 0.15) is 17.3 Å². The van der Waals surface area contributed by atoms with E-state index in [4.69, 9.17) is 21.1 Å². The number of nitrogens with zero attached hydrogens (tertiary/aromatic N) is 4. The Labute approximate surface area is 234 Å². The van der Waals surface area contributed by atoms with Crippen LogP contribution in [0.25, 0.3) is 10.9 Å². The van der Waals surface area contributed by atoms with E-state index >= 15 is 0 Å². The number of likely N-dealkylation sites (N-methyl/N-ethyl adjacent to an activating group) is 2. The largest absolute Gasteiger partial charge is 0.494 e. The molecule has 1 amide bonds. The van der Waals surface area contributed by atoms with Gasteiger partial charge in [0.1, 0.15) is 18.1 Å². The Balaban J connectivity index is 1.66. The number of amides is 1. The van der Waals surface area contributed by atoms with E-state index in [9.17, 15) is 4.79 Å². The van der Waals surface area contributed by atoms with Gasteiger partial charge in [0.05, 0.1) is 24.5 Å². The zero-order chi connectivity index (χ0) is 28.1. The highest BCUT2D eigenvalue weighted by Gasteiger charge is 2.27. The summed E-state index contributed by atoms with van der Waals surface area (Å²) >= 11 is 5.62. The highest BCUT2D eigenvalue weighted by Crippen LogP contribution is 2.39. The van der Waals surface area contributed by atoms with E-state index in [1.165, 1.54) is 28.2 Å². The molecule has 1 aliphatic heterocycles. The molecule has 10 heteroatoms. The lowest BCUT2D eigenvalue weighted by atomic mass is 10.0. The lowest BCUT2D eigenvalue weighted by Crippen LogP contribution is -2.37. The topological polar surface area (TPSA) is 83.4 Å². The summed E-state index contributed by atoms with van der Waals surface area (Å²) in [7, 11) is 9.61. The molecular weight excluding hydrogens is 516 g/mol. The molecule has 0 spiro atoms. The van der Waals surface area contributed by atoms with Gasteiger partial charge in [-0.25, -0.2) is 4.99 Å². The zero-order valence-corrected chi connectivity index (χ0v) is 23.9. The molecule has 0 aliphatic carbocycles. The van der Waals surface area contributed by atoms with Crippen molar-refractivity contribution in [3.8, 4) is 11.5 Å². The van der Waals surface area contributed by atoms with E-state index in [0.29, 0.717) is 42.0 Å². The number of para-hydroxylation sites is 1. The van der Waals surface area contributed by atoms with Crippen molar-refractivity contribution in [3.05, 3.63) is 71.5 Å². The molecule has 0 radical (unpaired) electrons. The Kier molecular flexibility index (Phi) is 8.83. The van der Waals surface area contributed by atoms with E-state index in [1.807, 2.05) is 32.2 Å². The number of nitrogens with one attached hydrogen (secondary N) is 2. The van der Waals surface area contributed by atoms with Crippen LogP contribution in [0.2, 0.25) is 0 Å². The average molecular weight is 551 g/mol. The maximum atomic E-state index is 12.4. The molecule has 1 aromatic heterocycles. The minimum absolute atomic E-state index is 0.0382. The first-order valence-electron chi connectivity index (χ1n) is 12.6. The Morgan fingerprint density at radius 3 is 2.67 bits per heavy atom. The number of aromatic nitrogens is 1. The first kappa shape index (κ1) is 28.1. The number of aryl methyl sites for hydroxylation is 1. The van der Waals surface area contributed by atoms with Crippen molar-refractivity contribution in [2.75, 3.05) is 52.0 Å². The number of hydrogen-bond acceptors (Lipinski definition) is 7. The number of halogens is 1. The molecule has 2 heterocycles. The van der Waals surface area contributed by atoms with Gasteiger partial charge in [0.15, 0.2) is 0 Å². The van der Waals surface area contributed by atoms with E-state index < -0.39 is 0 Å². The lowest BCUT2D eigenvalue weighted by molar-refractivity contribution is -0.111. The molecule has 206 valence electrons. The third-order valence-corrected chi connectivity index (χ3v) is 6.90. The quantitative estimate of drug-likeness (QED) is 0.361. The Hall–Kier alpha value is -3.95. The predicted molar refractivity (Wildman–Crippen MR) is 159 cm³/mol. The van der Waals surface area contributed by atoms with Gasteiger partial charge < -0.3 is 34.5 Å². The van der Waals surface area contributed by atoms with Crippen LogP contribution in [-0.2, 0) is 11.8 Å². The van der Waals surface area contributed by atoms with Crippen molar-refractivity contribution < 1.29 is 14.3 Å². The number of hydrogen-bond donors (Lipinski definition) is 2. The highest BCUT2D eigenvalue weighted by atomic mass is 35.5. The van der Waals surface area contributed by atoms with Gasteiger partial charge in [-0.3, -0.25) is 4.79 Å². The summed E-state index contributed by atoms with van der Waals surface area (Å²) in [6, 6.07) is 11.9. The van der Waals surface area contributed by atoms with Gasteiger partial charge in [-0.2, -0.15) is 0 Å². The molecule has 0 fully saturated rings. The molecule has 9 nitrogen and oxygen atoms in total. The molecule has 3 aromatic rings. The summed E-state index contributed by atoms with van der Waals surface area (Å²) in [6.45, 7) is 3.28. The van der Waals surface area contributed by atoms with Crippen molar-refractivity contribution in [2.24, 2.45) is 12.0 Å². The van der Waals surface area contributed by atoms with Crippen LogP contribution in [0.5, 0.6) is 11.5 Å². The van der Waals surface area contributed by atoms with E-state index in [2.05, 4.69) is 69.4 Å². The molecule has 4 rings (SSSR count). The number of methoxy groups -OCH3 is 1. The second kappa shape index (κ2) is 12.3. The molecule has 1 atom stereocenters. The van der Waals surface area contributed by atoms with Crippen LogP contribution in [0.3, 0.4) is 0 Å². The number of carbonyl (C=O) groups is 1. The van der Waals surface area contributed by atoms with Gasteiger partial charge >= 0.3 is 0 Å². The fraction of sp³-hybridized carbons (Fsp3) is 0.310. The molecule has 1 unspecified atom stereocenters. The average Bonchev–Trinajstić information content (AvgIpc) is 3.16. The van der Waals surface area contributed by atoms with Crippen LogP contribution < -0.4 is 20.1 Å². The van der Waals surface area contributed by atoms with Crippen molar-refractivity contribution in [1.82, 2.24) is 14.4 Å². The minimum atomic E-state index is -0.375. The normalized spacial score (nSPS) is 15.2. The zero-order valence-electron chi connectivity index (χ0n) is 23.2. The maximum Gasteiger partial charge on any atom is 0.249 e. The molecule has 1 aliphatic rings. The summed E-state index contributed by atoms with van der Waals surface area (Å²) in [5.74, 6) is 1.29. The van der Waals surface area contributed by atoms with Crippen LogP contribution in [0.15, 0.2) is 65.3 Å². The standard InChI is InChI=1S/C29H35ClN6O3/c1-19-28(20-9-7-8-10-23(20)35(19)4)24-12-14-31-29(36(24)5)33-21-17-22(32-27(37)11-13-30)26(18-25(21)38-6)39-16-15-34(2)3/h7-14,17-18,24H,15-16H2,1-6H3,(H,31,33)(H,32,37)/b13-11+. The van der Waals surface area contributed by atoms with E-state index in [0.717, 1.165) is 5.54 Å². The third-order valence-electron chi connectivity index (χ3n) is 6.78. The molecule has 2 N–H and O–H groups in total. The Morgan fingerprint density at radius 1 is 1.18 bits per heavy atom. The molecule has 0 bridgehead atoms. The number of aliphatic imine (C=N–C) groups is 1. The summed E-state index contributed by atoms with van der Waals surface area (Å²) in [6.07, 6.45) is 5.14. The highest BCUT2D eigenvalue weighted by molar-refractivity contribution is 6.27. The first-order chi connectivity index (χ1) is 18.7. The summed E-state index contributed by atoms with van der Waals surface area (Å²) < 4.78 is 13.9. The number of carbonyl (C=O) groups excluding carboxylic acids is 1. The minimum Gasteiger partial charge on any atom is -0.494 e. The van der Waals surface area contributed by atoms with Crippen molar-refractivity contribution in [2.45, 2.75) is 13.0 Å². The smallest absolute Gasteiger partial charge is 0.249 e. The van der Waals surface area contributed by atoms with Gasteiger partial charge in [0.25, 0.3) is 0 Å². The number of fused-ring (bicyclic) bond motifs is 1. The number of rotatable bonds is 9. The number of ether oxygens (including phenoxy) is 2. The molecule has 2 aromatic carbocycles. The van der Waals surface area contributed by atoms with Crippen LogP contribution >= 0.6 is 11.6 Å². The molecular formula is C29H35ClN6O3. The molecule has 0 saturated heterocycles. The number of guanidine groups is 1. The number of anilines is 2.